The van der Waals surface area contributed by atoms with E-state index in [0.29, 0.717) is 37.0 Å². The fourth-order valence-corrected chi connectivity index (χ4v) is 10.5. The molecule has 3 N–H and O–H groups in total. The average Bonchev–Trinajstić information content (AvgIpc) is 3.66. The number of rotatable bonds is 18. The molecule has 3 aromatic heterocycles. The predicted molar refractivity (Wildman–Crippen MR) is 323 cm³/mol. The van der Waals surface area contributed by atoms with E-state index in [0.717, 1.165) is 145 Å². The van der Waals surface area contributed by atoms with Gasteiger partial charge in [0.05, 0.1) is 51.9 Å². The number of nitrogens with zero attached hydrogens (tertiary/aromatic N) is 3. The van der Waals surface area contributed by atoms with Crippen molar-refractivity contribution in [2.24, 2.45) is 0 Å². The van der Waals surface area contributed by atoms with Gasteiger partial charge in [-0.1, -0.05) is 129 Å². The smallest absolute Gasteiger partial charge is 0.142 e. The number of aliphatic hydroxyl groups is 3. The lowest BCUT2D eigenvalue weighted by molar-refractivity contribution is -0.120. The standard InChI is InChI=1S/C25H26FNO2.C25H24FNO2.C21H16FNO/c2*1-2-19(28)15-20(29)13-14-22-24(16-9-11-18(26)12-10-16)21-5-3-4-6-23(21)27-25(22)17-7-8-17;22-16-11-9-14(10-12-16)20-17-4-1-2-6-19(17)23-21(15-7-8-15)18(20)5-3-13-24/h3-6,9-14,17,19-20,28-29H,2,7-8,15H2,1H3;3-6,9-14,17,20,29H,2,7-8,15H2,1H3;1-6,9-13,15H,7-8H2. The number of fused-ring (bicyclic) bond motifs is 3. The lowest BCUT2D eigenvalue weighted by atomic mass is 9.92. The van der Waals surface area contributed by atoms with Crippen LogP contribution in [0.4, 0.5) is 13.2 Å². The normalized spacial score (nSPS) is 15.4. The summed E-state index contributed by atoms with van der Waals surface area (Å²) in [5.41, 5.74) is 14.5. The molecule has 3 saturated carbocycles. The number of benzene rings is 6. The Bertz CT molecular complexity index is 3830. The Morgan fingerprint density at radius 3 is 1.17 bits per heavy atom. The zero-order valence-electron chi connectivity index (χ0n) is 46.1. The van der Waals surface area contributed by atoms with Crippen LogP contribution < -0.4 is 0 Å². The van der Waals surface area contributed by atoms with E-state index in [1.165, 1.54) is 42.5 Å². The van der Waals surface area contributed by atoms with E-state index >= 15 is 0 Å². The lowest BCUT2D eigenvalue weighted by Gasteiger charge is -2.16. The van der Waals surface area contributed by atoms with Crippen LogP contribution in [-0.2, 0) is 9.59 Å². The van der Waals surface area contributed by atoms with Crippen LogP contribution >= 0.6 is 0 Å². The minimum absolute atomic E-state index is 0.0277. The molecular weight excluding hydrogens is 1030 g/mol. The minimum Gasteiger partial charge on any atom is -0.393 e. The monoisotopic (exact) mass is 1100 g/mol. The Morgan fingerprint density at radius 1 is 0.500 bits per heavy atom. The van der Waals surface area contributed by atoms with Gasteiger partial charge in [-0.2, -0.15) is 0 Å². The van der Waals surface area contributed by atoms with Crippen LogP contribution in [0.15, 0.2) is 164 Å². The highest BCUT2D eigenvalue weighted by molar-refractivity contribution is 6.02. The van der Waals surface area contributed by atoms with Gasteiger partial charge < -0.3 is 15.3 Å². The van der Waals surface area contributed by atoms with E-state index in [-0.39, 0.29) is 29.7 Å². The molecule has 0 saturated heterocycles. The molecule has 9 aromatic rings. The molecule has 416 valence electrons. The number of aliphatic hydroxyl groups excluding tert-OH is 3. The first-order valence-corrected chi connectivity index (χ1v) is 28.5. The summed E-state index contributed by atoms with van der Waals surface area (Å²) < 4.78 is 40.5. The van der Waals surface area contributed by atoms with E-state index in [9.17, 15) is 38.1 Å². The van der Waals surface area contributed by atoms with Gasteiger partial charge in [0.25, 0.3) is 0 Å². The lowest BCUT2D eigenvalue weighted by Crippen LogP contribution is -2.14. The van der Waals surface area contributed by atoms with E-state index in [4.69, 9.17) is 15.0 Å². The summed E-state index contributed by atoms with van der Waals surface area (Å²) in [6.07, 6.45) is 17.3. The maximum Gasteiger partial charge on any atom is 0.142 e. The van der Waals surface area contributed by atoms with Crippen molar-refractivity contribution in [2.45, 2.75) is 114 Å². The summed E-state index contributed by atoms with van der Waals surface area (Å²) in [5.74, 6) is 0.477. The summed E-state index contributed by atoms with van der Waals surface area (Å²) in [7, 11) is 0. The topological polar surface area (TPSA) is 134 Å². The molecule has 6 aromatic carbocycles. The Hall–Kier alpha value is -8.22. The molecule has 3 fully saturated rings. The number of hydrogen-bond acceptors (Lipinski definition) is 8. The molecule has 8 nitrogen and oxygen atoms in total. The summed E-state index contributed by atoms with van der Waals surface area (Å²) in [6.45, 7) is 3.69. The zero-order chi connectivity index (χ0) is 57.3. The van der Waals surface area contributed by atoms with Gasteiger partial charge in [-0.25, -0.2) is 13.2 Å². The van der Waals surface area contributed by atoms with Crippen molar-refractivity contribution in [3.05, 3.63) is 215 Å². The van der Waals surface area contributed by atoms with Crippen molar-refractivity contribution in [1.82, 2.24) is 15.0 Å². The fourth-order valence-electron chi connectivity index (χ4n) is 10.5. The van der Waals surface area contributed by atoms with Gasteiger partial charge in [0, 0.05) is 86.6 Å². The number of pyridine rings is 3. The molecular formula is C71H66F3N3O5. The van der Waals surface area contributed by atoms with Gasteiger partial charge in [-0.15, -0.1) is 0 Å². The number of ketones is 1. The maximum atomic E-state index is 13.6. The first-order chi connectivity index (χ1) is 39.9. The highest BCUT2D eigenvalue weighted by Crippen LogP contribution is 2.48. The molecule has 3 aliphatic carbocycles. The Morgan fingerprint density at radius 2 is 0.841 bits per heavy atom. The van der Waals surface area contributed by atoms with Gasteiger partial charge in [0.15, 0.2) is 0 Å². The number of aromatic nitrogens is 3. The number of hydrogen-bond donors (Lipinski definition) is 3. The highest BCUT2D eigenvalue weighted by Gasteiger charge is 2.32. The molecule has 3 unspecified atom stereocenters. The number of para-hydroxylation sites is 3. The molecule has 0 amide bonds. The predicted octanol–water partition coefficient (Wildman–Crippen LogP) is 16.2. The van der Waals surface area contributed by atoms with Crippen LogP contribution in [0, 0.1) is 17.5 Å². The second-order valence-electron chi connectivity index (χ2n) is 21.5. The molecule has 11 heteroatoms. The number of carbonyl (C=O) groups is 2. The van der Waals surface area contributed by atoms with Crippen LogP contribution in [0.2, 0.25) is 0 Å². The quantitative estimate of drug-likeness (QED) is 0.0571. The van der Waals surface area contributed by atoms with Gasteiger partial charge in [0.2, 0.25) is 0 Å². The number of allylic oxidation sites excluding steroid dienone is 1. The van der Waals surface area contributed by atoms with Crippen molar-refractivity contribution in [1.29, 1.82) is 0 Å². The molecule has 12 rings (SSSR count). The molecule has 0 spiro atoms. The first kappa shape index (κ1) is 57.0. The molecule has 82 heavy (non-hydrogen) atoms. The van der Waals surface area contributed by atoms with E-state index in [2.05, 4.69) is 0 Å². The molecule has 3 heterocycles. The average molecular weight is 1100 g/mol. The molecule has 0 bridgehead atoms. The Labute approximate surface area is 476 Å². The van der Waals surface area contributed by atoms with E-state index in [1.54, 1.807) is 55.5 Å². The minimum atomic E-state index is -0.831. The highest BCUT2D eigenvalue weighted by atomic mass is 19.1. The van der Waals surface area contributed by atoms with Crippen molar-refractivity contribution in [3.8, 4) is 33.4 Å². The van der Waals surface area contributed by atoms with Gasteiger partial charge >= 0.3 is 0 Å². The Balaban J connectivity index is 0.000000138. The summed E-state index contributed by atoms with van der Waals surface area (Å²) in [5, 5.41) is 33.5. The van der Waals surface area contributed by atoms with Crippen LogP contribution in [-0.4, -0.2) is 60.7 Å². The first-order valence-electron chi connectivity index (χ1n) is 28.5. The van der Waals surface area contributed by atoms with E-state index < -0.39 is 18.3 Å². The number of halogens is 3. The van der Waals surface area contributed by atoms with Crippen molar-refractivity contribution >= 4 is 63.0 Å². The SMILES string of the molecule is CCC(=O)CC(O)C=Cc1c(C2CC2)nc2ccccc2c1-c1ccc(F)cc1.CCC(O)CC(O)C=Cc1c(C2CC2)nc2ccccc2c1-c1ccc(F)cc1.O=CC=Cc1c(C2CC2)nc2ccccc2c1-c1ccc(F)cc1. The van der Waals surface area contributed by atoms with Gasteiger partial charge in [-0.05, 0) is 128 Å². The molecule has 3 atom stereocenters. The Kier molecular flexibility index (Phi) is 18.2. The third kappa shape index (κ3) is 13.7. The third-order valence-electron chi connectivity index (χ3n) is 15.3. The van der Waals surface area contributed by atoms with Crippen molar-refractivity contribution in [2.75, 3.05) is 0 Å². The van der Waals surface area contributed by atoms with E-state index in [1.807, 2.05) is 97.9 Å². The summed E-state index contributed by atoms with van der Waals surface area (Å²) in [4.78, 5) is 37.3. The number of Topliss-reactive ketones (excluding diaryl/α,β-unsaturated/α-hetero) is 1. The summed E-state index contributed by atoms with van der Waals surface area (Å²) in [6, 6.07) is 43.4. The number of carbonyl (C=O) groups excluding carboxylic acids is 2. The molecule has 0 aliphatic heterocycles. The number of aldehydes is 1. The maximum absolute atomic E-state index is 13.6. The second kappa shape index (κ2) is 26.1. The molecule has 3 aliphatic rings. The van der Waals surface area contributed by atoms with Gasteiger partial charge in [-0.3, -0.25) is 24.5 Å². The van der Waals surface area contributed by atoms with Crippen molar-refractivity contribution in [3.63, 3.8) is 0 Å². The van der Waals surface area contributed by atoms with Gasteiger partial charge in [0.1, 0.15) is 29.5 Å². The van der Waals surface area contributed by atoms with Crippen LogP contribution in [0.3, 0.4) is 0 Å². The van der Waals surface area contributed by atoms with Crippen LogP contribution in [0.5, 0.6) is 0 Å². The van der Waals surface area contributed by atoms with Crippen molar-refractivity contribution < 1.29 is 38.1 Å². The zero-order valence-corrected chi connectivity index (χ0v) is 46.1. The van der Waals surface area contributed by atoms with Crippen LogP contribution in [0.1, 0.15) is 130 Å². The fraction of sp³-hybridized carbons (Fsp3) is 0.254. The molecule has 0 radical (unpaired) electrons. The largest absolute Gasteiger partial charge is 0.393 e. The third-order valence-corrected chi connectivity index (χ3v) is 15.3. The van der Waals surface area contributed by atoms with Crippen LogP contribution in [0.25, 0.3) is 84.3 Å². The second-order valence-corrected chi connectivity index (χ2v) is 21.5. The summed E-state index contributed by atoms with van der Waals surface area (Å²) >= 11 is 0.